The molecule has 1 aromatic carbocycles. The van der Waals surface area contributed by atoms with E-state index in [1.165, 1.54) is 18.3 Å². The third kappa shape index (κ3) is 3.48. The van der Waals surface area contributed by atoms with Crippen LogP contribution in [0.25, 0.3) is 0 Å². The van der Waals surface area contributed by atoms with Crippen LogP contribution in [0.3, 0.4) is 0 Å². The number of aromatic carboxylic acids is 1. The molecule has 0 unspecified atom stereocenters. The first-order valence-corrected chi connectivity index (χ1v) is 6.29. The molecule has 0 fully saturated rings. The Kier molecular flexibility index (Phi) is 4.40. The molecule has 2 N–H and O–H groups in total. The van der Waals surface area contributed by atoms with E-state index >= 15 is 0 Å². The van der Waals surface area contributed by atoms with Gasteiger partial charge in [-0.15, -0.1) is 0 Å². The summed E-state index contributed by atoms with van der Waals surface area (Å²) >= 11 is 11.5. The number of rotatable bonds is 3. The fourth-order valence-corrected chi connectivity index (χ4v) is 1.90. The van der Waals surface area contributed by atoms with Gasteiger partial charge in [0.05, 0.1) is 16.1 Å². The predicted molar refractivity (Wildman–Crippen MR) is 75.6 cm³/mol. The fourth-order valence-electron chi connectivity index (χ4n) is 1.55. The average Bonchev–Trinajstić information content (AvgIpc) is 2.43. The minimum atomic E-state index is -1.44. The van der Waals surface area contributed by atoms with Crippen molar-refractivity contribution in [2.24, 2.45) is 0 Å². The van der Waals surface area contributed by atoms with Gasteiger partial charge >= 0.3 is 5.97 Å². The van der Waals surface area contributed by atoms with Crippen LogP contribution >= 0.6 is 23.2 Å². The molecule has 0 atom stereocenters. The van der Waals surface area contributed by atoms with Gasteiger partial charge in [0, 0.05) is 11.9 Å². The van der Waals surface area contributed by atoms with Gasteiger partial charge in [0.1, 0.15) is 11.0 Å². The first-order chi connectivity index (χ1) is 9.88. The zero-order chi connectivity index (χ0) is 15.6. The van der Waals surface area contributed by atoms with E-state index in [-0.39, 0.29) is 21.4 Å². The van der Waals surface area contributed by atoms with Gasteiger partial charge < -0.3 is 10.4 Å². The highest BCUT2D eigenvalue weighted by molar-refractivity contribution is 6.35. The number of halogens is 3. The molecule has 1 amide bonds. The number of aromatic nitrogens is 1. The maximum absolute atomic E-state index is 13.3. The van der Waals surface area contributed by atoms with Gasteiger partial charge in [-0.05, 0) is 24.3 Å². The fraction of sp³-hybridized carbons (Fsp3) is 0. The van der Waals surface area contributed by atoms with E-state index in [4.69, 9.17) is 28.3 Å². The van der Waals surface area contributed by atoms with Crippen LogP contribution in [0.5, 0.6) is 0 Å². The minimum absolute atomic E-state index is 0.0675. The lowest BCUT2D eigenvalue weighted by Gasteiger charge is -2.08. The Morgan fingerprint density at radius 3 is 2.57 bits per heavy atom. The zero-order valence-electron chi connectivity index (χ0n) is 10.2. The molecule has 0 aliphatic carbocycles. The molecular weight excluding hydrogens is 322 g/mol. The summed E-state index contributed by atoms with van der Waals surface area (Å²) in [4.78, 5) is 26.6. The molecule has 0 saturated heterocycles. The van der Waals surface area contributed by atoms with Crippen molar-refractivity contribution in [2.75, 3.05) is 5.32 Å². The first kappa shape index (κ1) is 15.2. The van der Waals surface area contributed by atoms with Crippen molar-refractivity contribution in [3.63, 3.8) is 0 Å². The van der Waals surface area contributed by atoms with Crippen LogP contribution in [0.2, 0.25) is 10.2 Å². The molecule has 2 rings (SSSR count). The predicted octanol–water partition coefficient (Wildman–Crippen LogP) is 3.48. The molecule has 1 heterocycles. The standard InChI is InChI=1S/C13H7Cl2FN2O3/c14-9-5-17-11(15)4-7(9)12(19)18-6-1-2-10(16)8(3-6)13(20)21/h1-5H,(H,18,19)(H,20,21). The largest absolute Gasteiger partial charge is 0.478 e. The molecule has 0 aliphatic rings. The van der Waals surface area contributed by atoms with Crippen molar-refractivity contribution in [1.29, 1.82) is 0 Å². The second-order valence-electron chi connectivity index (χ2n) is 3.94. The van der Waals surface area contributed by atoms with Crippen molar-refractivity contribution < 1.29 is 19.1 Å². The van der Waals surface area contributed by atoms with Crippen LogP contribution < -0.4 is 5.32 Å². The Morgan fingerprint density at radius 2 is 1.90 bits per heavy atom. The Balaban J connectivity index is 2.29. The number of carbonyl (C=O) groups is 2. The smallest absolute Gasteiger partial charge is 0.338 e. The molecule has 1 aromatic heterocycles. The Bertz CT molecular complexity index is 737. The molecule has 0 spiro atoms. The van der Waals surface area contributed by atoms with Crippen LogP contribution in [0, 0.1) is 5.82 Å². The third-order valence-corrected chi connectivity index (χ3v) is 3.03. The summed E-state index contributed by atoms with van der Waals surface area (Å²) in [5, 5.41) is 11.4. The van der Waals surface area contributed by atoms with Crippen LogP contribution in [0.1, 0.15) is 20.7 Å². The number of pyridine rings is 1. The van der Waals surface area contributed by atoms with Gasteiger partial charge in [0.2, 0.25) is 0 Å². The van der Waals surface area contributed by atoms with Crippen LogP contribution in [0.4, 0.5) is 10.1 Å². The molecular formula is C13H7Cl2FN2O3. The molecule has 0 radical (unpaired) electrons. The van der Waals surface area contributed by atoms with Gasteiger partial charge in [0.25, 0.3) is 5.91 Å². The summed E-state index contributed by atoms with van der Waals surface area (Å²) in [6.45, 7) is 0. The number of hydrogen-bond donors (Lipinski definition) is 2. The van der Waals surface area contributed by atoms with Gasteiger partial charge in [0.15, 0.2) is 0 Å². The van der Waals surface area contributed by atoms with Crippen molar-refractivity contribution in [1.82, 2.24) is 4.98 Å². The summed E-state index contributed by atoms with van der Waals surface area (Å²) in [7, 11) is 0. The van der Waals surface area contributed by atoms with E-state index in [1.807, 2.05) is 0 Å². The third-order valence-electron chi connectivity index (χ3n) is 2.52. The summed E-state index contributed by atoms with van der Waals surface area (Å²) < 4.78 is 13.3. The van der Waals surface area contributed by atoms with Crippen molar-refractivity contribution in [2.45, 2.75) is 0 Å². The number of carbonyl (C=O) groups excluding carboxylic acids is 1. The topological polar surface area (TPSA) is 79.3 Å². The zero-order valence-corrected chi connectivity index (χ0v) is 11.7. The van der Waals surface area contributed by atoms with Crippen LogP contribution in [-0.2, 0) is 0 Å². The molecule has 5 nitrogen and oxygen atoms in total. The van der Waals surface area contributed by atoms with Crippen LogP contribution in [0.15, 0.2) is 30.5 Å². The summed E-state index contributed by atoms with van der Waals surface area (Å²) in [6, 6.07) is 4.45. The number of benzene rings is 1. The van der Waals surface area contributed by atoms with E-state index in [0.717, 1.165) is 12.1 Å². The molecule has 0 aliphatic heterocycles. The Morgan fingerprint density at radius 1 is 1.19 bits per heavy atom. The molecule has 0 saturated carbocycles. The number of nitrogens with one attached hydrogen (secondary N) is 1. The van der Waals surface area contributed by atoms with Gasteiger partial charge in [-0.3, -0.25) is 4.79 Å². The van der Waals surface area contributed by atoms with E-state index in [1.54, 1.807) is 0 Å². The highest BCUT2D eigenvalue weighted by atomic mass is 35.5. The van der Waals surface area contributed by atoms with Crippen molar-refractivity contribution in [3.05, 3.63) is 57.6 Å². The van der Waals surface area contributed by atoms with E-state index < -0.39 is 23.3 Å². The first-order valence-electron chi connectivity index (χ1n) is 5.53. The molecule has 8 heteroatoms. The number of hydrogen-bond acceptors (Lipinski definition) is 3. The number of nitrogens with zero attached hydrogens (tertiary/aromatic N) is 1. The van der Waals surface area contributed by atoms with Gasteiger partial charge in [-0.25, -0.2) is 14.2 Å². The van der Waals surface area contributed by atoms with Crippen molar-refractivity contribution in [3.8, 4) is 0 Å². The van der Waals surface area contributed by atoms with Crippen LogP contribution in [-0.4, -0.2) is 22.0 Å². The quantitative estimate of drug-likeness (QED) is 0.845. The maximum Gasteiger partial charge on any atom is 0.338 e. The van der Waals surface area contributed by atoms with E-state index in [0.29, 0.717) is 0 Å². The minimum Gasteiger partial charge on any atom is -0.478 e. The lowest BCUT2D eigenvalue weighted by molar-refractivity contribution is 0.0691. The normalized spacial score (nSPS) is 10.2. The molecule has 108 valence electrons. The van der Waals surface area contributed by atoms with Gasteiger partial charge in [-0.1, -0.05) is 23.2 Å². The summed E-state index contributed by atoms with van der Waals surface area (Å²) in [6.07, 6.45) is 1.21. The van der Waals surface area contributed by atoms with Gasteiger partial charge in [-0.2, -0.15) is 0 Å². The maximum atomic E-state index is 13.3. The number of carboxylic acids is 1. The van der Waals surface area contributed by atoms with Crippen molar-refractivity contribution >= 4 is 40.8 Å². The van der Waals surface area contributed by atoms with E-state index in [9.17, 15) is 14.0 Å². The highest BCUT2D eigenvalue weighted by Crippen LogP contribution is 2.21. The monoisotopic (exact) mass is 328 g/mol. The summed E-state index contributed by atoms with van der Waals surface area (Å²) in [5.74, 6) is -2.95. The second-order valence-corrected chi connectivity index (χ2v) is 4.74. The lowest BCUT2D eigenvalue weighted by atomic mass is 10.1. The number of amides is 1. The SMILES string of the molecule is O=C(O)c1cc(NC(=O)c2cc(Cl)ncc2Cl)ccc1F. The Labute approximate surface area is 128 Å². The second kappa shape index (κ2) is 6.07. The number of anilines is 1. The molecule has 0 bridgehead atoms. The summed E-state index contributed by atoms with van der Waals surface area (Å²) in [5.41, 5.74) is -0.368. The molecule has 21 heavy (non-hydrogen) atoms. The Hall–Kier alpha value is -2.18. The lowest BCUT2D eigenvalue weighted by Crippen LogP contribution is -2.13. The number of carboxylic acid groups (broad SMARTS) is 1. The molecule has 2 aromatic rings. The van der Waals surface area contributed by atoms with E-state index in [2.05, 4.69) is 10.3 Å². The highest BCUT2D eigenvalue weighted by Gasteiger charge is 2.15. The average molecular weight is 329 g/mol.